The number of hydrogen-bond acceptors (Lipinski definition) is 6. The van der Waals surface area contributed by atoms with Crippen molar-refractivity contribution in [2.24, 2.45) is 0 Å². The minimum atomic E-state index is -0.348. The van der Waals surface area contributed by atoms with Gasteiger partial charge < -0.3 is 25.2 Å². The fourth-order valence-electron chi connectivity index (χ4n) is 3.69. The number of nitriles is 1. The van der Waals surface area contributed by atoms with Crippen molar-refractivity contribution in [2.75, 3.05) is 19.7 Å². The second-order valence-corrected chi connectivity index (χ2v) is 8.17. The molecule has 186 valence electrons. The van der Waals surface area contributed by atoms with E-state index in [9.17, 15) is 9.90 Å². The Bertz CT molecular complexity index is 1200. The number of carbonyl (C=O) groups excluding carboxylic acids is 1. The van der Waals surface area contributed by atoms with Crippen LogP contribution < -0.4 is 20.1 Å². The number of allylic oxidation sites excluding steroid dienone is 3. The molecule has 1 heterocycles. The van der Waals surface area contributed by atoms with Crippen LogP contribution in [0.1, 0.15) is 30.9 Å². The molecule has 1 aliphatic rings. The van der Waals surface area contributed by atoms with Gasteiger partial charge in [0, 0.05) is 23.4 Å². The first-order valence-corrected chi connectivity index (χ1v) is 11.8. The summed E-state index contributed by atoms with van der Waals surface area (Å²) < 4.78 is 12.1. The molecule has 36 heavy (non-hydrogen) atoms. The van der Waals surface area contributed by atoms with Crippen LogP contribution in [0.25, 0.3) is 6.08 Å². The largest absolute Gasteiger partial charge is 0.507 e. The molecule has 0 unspecified atom stereocenters. The highest BCUT2D eigenvalue weighted by atomic mass is 16.5. The molecule has 0 radical (unpaired) electrons. The number of phenols is 1. The monoisotopic (exact) mass is 485 g/mol. The van der Waals surface area contributed by atoms with E-state index in [0.717, 1.165) is 37.3 Å². The molecule has 1 saturated heterocycles. The number of nitrogens with one attached hydrogen (secondary N) is 2. The number of benzene rings is 2. The van der Waals surface area contributed by atoms with Crippen molar-refractivity contribution in [3.8, 4) is 23.3 Å². The number of amides is 1. The zero-order valence-electron chi connectivity index (χ0n) is 20.4. The Morgan fingerprint density at radius 2 is 2.03 bits per heavy atom. The fraction of sp³-hybridized carbons (Fsp3) is 0.241. The Balaban J connectivity index is 1.60. The minimum absolute atomic E-state index is 0.132. The molecular weight excluding hydrogens is 454 g/mol. The van der Waals surface area contributed by atoms with E-state index < -0.39 is 0 Å². The lowest BCUT2D eigenvalue weighted by Gasteiger charge is -2.24. The zero-order chi connectivity index (χ0) is 25.8. The van der Waals surface area contributed by atoms with Crippen molar-refractivity contribution in [3.63, 3.8) is 0 Å². The average molecular weight is 486 g/mol. The Kier molecular flexibility index (Phi) is 9.92. The summed E-state index contributed by atoms with van der Waals surface area (Å²) in [5.74, 6) is 0.956. The third-order valence-corrected chi connectivity index (χ3v) is 5.57. The number of rotatable bonds is 10. The minimum Gasteiger partial charge on any atom is -0.507 e. The van der Waals surface area contributed by atoms with Gasteiger partial charge in [-0.05, 0) is 68.8 Å². The molecule has 0 bridgehead atoms. The number of hydrogen-bond donors (Lipinski definition) is 3. The average Bonchev–Trinajstić information content (AvgIpc) is 2.89. The summed E-state index contributed by atoms with van der Waals surface area (Å²) in [5, 5.41) is 24.9. The van der Waals surface area contributed by atoms with Crippen LogP contribution in [-0.2, 0) is 4.79 Å². The molecule has 0 aliphatic carbocycles. The normalized spacial score (nSPS) is 14.8. The van der Waals surface area contributed by atoms with Gasteiger partial charge in [0.1, 0.15) is 36.0 Å². The van der Waals surface area contributed by atoms with E-state index in [0.29, 0.717) is 17.0 Å². The van der Waals surface area contributed by atoms with E-state index in [1.54, 1.807) is 30.4 Å². The predicted octanol–water partition coefficient (Wildman–Crippen LogP) is 4.62. The van der Waals surface area contributed by atoms with Gasteiger partial charge in [0.25, 0.3) is 0 Å². The predicted molar refractivity (Wildman–Crippen MR) is 140 cm³/mol. The highest BCUT2D eigenvalue weighted by Crippen LogP contribution is 2.23. The summed E-state index contributed by atoms with van der Waals surface area (Å²) in [6.07, 6.45) is 10.3. The SMILES string of the molecule is C=CC=C(COc1cccc(OC2CCNCC2)c1)C(=CC)NC(=O)C=Cc1ccc(C#N)c(O)c1. The molecule has 1 aliphatic heterocycles. The molecule has 0 aromatic heterocycles. The molecule has 0 spiro atoms. The van der Waals surface area contributed by atoms with E-state index in [2.05, 4.69) is 17.2 Å². The van der Waals surface area contributed by atoms with Crippen molar-refractivity contribution in [1.82, 2.24) is 10.6 Å². The van der Waals surface area contributed by atoms with Crippen LogP contribution >= 0.6 is 0 Å². The van der Waals surface area contributed by atoms with E-state index in [4.69, 9.17) is 14.7 Å². The summed E-state index contributed by atoms with van der Waals surface area (Å²) >= 11 is 0. The summed E-state index contributed by atoms with van der Waals surface area (Å²) in [5.41, 5.74) is 2.11. The number of nitrogens with zero attached hydrogens (tertiary/aromatic N) is 1. The number of piperidine rings is 1. The Labute approximate surface area is 212 Å². The Hall–Kier alpha value is -4.28. The summed E-state index contributed by atoms with van der Waals surface area (Å²) in [6, 6.07) is 14.0. The molecular formula is C29H31N3O4. The third-order valence-electron chi connectivity index (χ3n) is 5.57. The van der Waals surface area contributed by atoms with Crippen LogP contribution in [0.3, 0.4) is 0 Å². The van der Waals surface area contributed by atoms with Gasteiger partial charge in [-0.25, -0.2) is 0 Å². The van der Waals surface area contributed by atoms with E-state index >= 15 is 0 Å². The van der Waals surface area contributed by atoms with Gasteiger partial charge in [0.15, 0.2) is 0 Å². The molecule has 0 atom stereocenters. The van der Waals surface area contributed by atoms with Gasteiger partial charge in [-0.3, -0.25) is 4.79 Å². The van der Waals surface area contributed by atoms with E-state index in [-0.39, 0.29) is 29.9 Å². The second-order valence-electron chi connectivity index (χ2n) is 8.17. The highest BCUT2D eigenvalue weighted by Gasteiger charge is 2.15. The smallest absolute Gasteiger partial charge is 0.248 e. The Morgan fingerprint density at radius 1 is 1.25 bits per heavy atom. The molecule has 3 N–H and O–H groups in total. The molecule has 7 heteroatoms. The quantitative estimate of drug-likeness (QED) is 0.335. The van der Waals surface area contributed by atoms with Gasteiger partial charge in [0.05, 0.1) is 5.56 Å². The molecule has 2 aromatic rings. The molecule has 2 aromatic carbocycles. The number of ether oxygens (including phenoxy) is 2. The lowest BCUT2D eigenvalue weighted by Crippen LogP contribution is -2.34. The first-order chi connectivity index (χ1) is 17.5. The van der Waals surface area contributed by atoms with Gasteiger partial charge >= 0.3 is 0 Å². The molecule has 0 saturated carbocycles. The van der Waals surface area contributed by atoms with Gasteiger partial charge in [-0.2, -0.15) is 5.26 Å². The second kappa shape index (κ2) is 13.6. The molecule has 3 rings (SSSR count). The molecule has 1 fully saturated rings. The van der Waals surface area contributed by atoms with Crippen molar-refractivity contribution < 1.29 is 19.4 Å². The lowest BCUT2D eigenvalue weighted by molar-refractivity contribution is -0.115. The maximum Gasteiger partial charge on any atom is 0.248 e. The maximum absolute atomic E-state index is 12.5. The van der Waals surface area contributed by atoms with Crippen LogP contribution in [0.4, 0.5) is 0 Å². The number of phenolic OH excluding ortho intramolecular Hbond substituents is 1. The van der Waals surface area contributed by atoms with Crippen LogP contribution in [0.15, 0.2) is 84.6 Å². The summed E-state index contributed by atoms with van der Waals surface area (Å²) in [6.45, 7) is 7.73. The Morgan fingerprint density at radius 3 is 2.72 bits per heavy atom. The van der Waals surface area contributed by atoms with Gasteiger partial charge in [-0.15, -0.1) is 0 Å². The lowest BCUT2D eigenvalue weighted by atomic mass is 10.1. The van der Waals surface area contributed by atoms with Crippen molar-refractivity contribution >= 4 is 12.0 Å². The van der Waals surface area contributed by atoms with Crippen LogP contribution in [0, 0.1) is 11.3 Å². The topological polar surface area (TPSA) is 104 Å². The first-order valence-electron chi connectivity index (χ1n) is 11.8. The molecule has 7 nitrogen and oxygen atoms in total. The number of carbonyl (C=O) groups is 1. The fourth-order valence-corrected chi connectivity index (χ4v) is 3.69. The maximum atomic E-state index is 12.5. The van der Waals surface area contributed by atoms with Crippen LogP contribution in [0.2, 0.25) is 0 Å². The van der Waals surface area contributed by atoms with Crippen molar-refractivity contribution in [3.05, 3.63) is 95.7 Å². The van der Waals surface area contributed by atoms with Crippen molar-refractivity contribution in [1.29, 1.82) is 5.26 Å². The van der Waals surface area contributed by atoms with Crippen LogP contribution in [0.5, 0.6) is 17.2 Å². The third kappa shape index (κ3) is 7.90. The van der Waals surface area contributed by atoms with E-state index in [1.807, 2.05) is 37.3 Å². The summed E-state index contributed by atoms with van der Waals surface area (Å²) in [4.78, 5) is 12.5. The van der Waals surface area contributed by atoms with Crippen molar-refractivity contribution in [2.45, 2.75) is 25.9 Å². The van der Waals surface area contributed by atoms with Gasteiger partial charge in [0.2, 0.25) is 5.91 Å². The van der Waals surface area contributed by atoms with E-state index in [1.165, 1.54) is 18.2 Å². The zero-order valence-corrected chi connectivity index (χ0v) is 20.4. The first kappa shape index (κ1) is 26.3. The highest BCUT2D eigenvalue weighted by molar-refractivity contribution is 5.93. The standard InChI is InChI=1S/C29H31N3O4/c1-3-6-23(20-35-25-7-5-8-26(18-25)36-24-13-15-31-16-14-24)27(4-2)32-29(34)12-10-21-9-11-22(19-30)28(33)17-21/h3-12,17-18,24,31,33H,1,13-16,20H2,2H3,(H,32,34). The summed E-state index contributed by atoms with van der Waals surface area (Å²) in [7, 11) is 0. The molecule has 1 amide bonds. The number of aromatic hydroxyl groups is 1. The van der Waals surface area contributed by atoms with Crippen LogP contribution in [-0.4, -0.2) is 36.8 Å². The van der Waals surface area contributed by atoms with Gasteiger partial charge in [-0.1, -0.05) is 36.9 Å².